The lowest BCUT2D eigenvalue weighted by Gasteiger charge is -2.10. The van der Waals surface area contributed by atoms with Gasteiger partial charge in [0.25, 0.3) is 10.0 Å². The van der Waals surface area contributed by atoms with Gasteiger partial charge in [0, 0.05) is 11.6 Å². The van der Waals surface area contributed by atoms with Gasteiger partial charge in [-0.1, -0.05) is 17.7 Å². The zero-order chi connectivity index (χ0) is 15.6. The van der Waals surface area contributed by atoms with Gasteiger partial charge in [-0.15, -0.1) is 0 Å². The van der Waals surface area contributed by atoms with Gasteiger partial charge in [-0.3, -0.25) is 4.72 Å². The van der Waals surface area contributed by atoms with Crippen molar-refractivity contribution in [1.29, 1.82) is 0 Å². The largest absolute Gasteiger partial charge is 0.326 e. The topological polar surface area (TPSA) is 72.2 Å². The fraction of sp³-hybridized carbons (Fsp3) is 0.0769. The van der Waals surface area contributed by atoms with Crippen LogP contribution < -0.4 is 10.5 Å². The number of hydrogen-bond donors (Lipinski definition) is 2. The Labute approximate surface area is 125 Å². The number of nitrogens with one attached hydrogen (secondary N) is 1. The van der Waals surface area contributed by atoms with E-state index in [-0.39, 0.29) is 17.3 Å². The quantitative estimate of drug-likeness (QED) is 0.904. The lowest BCUT2D eigenvalue weighted by atomic mass is 10.2. The highest BCUT2D eigenvalue weighted by atomic mass is 35.5. The second-order valence-electron chi connectivity index (χ2n) is 4.20. The summed E-state index contributed by atoms with van der Waals surface area (Å²) in [6.07, 6.45) is 0. The van der Waals surface area contributed by atoms with E-state index in [0.717, 1.165) is 24.3 Å². The first-order valence-electron chi connectivity index (χ1n) is 5.80. The van der Waals surface area contributed by atoms with Crippen LogP contribution in [-0.2, 0) is 16.6 Å². The SMILES string of the molecule is NCc1ccc(S(=O)(=O)Nc2ccc(Cl)cc2F)c(F)c1. The smallest absolute Gasteiger partial charge is 0.264 e. The molecule has 4 nitrogen and oxygen atoms in total. The first-order chi connectivity index (χ1) is 9.83. The Morgan fingerprint density at radius 3 is 2.38 bits per heavy atom. The van der Waals surface area contributed by atoms with E-state index in [4.69, 9.17) is 17.3 Å². The first-order valence-corrected chi connectivity index (χ1v) is 7.66. The number of benzene rings is 2. The monoisotopic (exact) mass is 332 g/mol. The van der Waals surface area contributed by atoms with E-state index in [0.29, 0.717) is 5.56 Å². The number of nitrogens with two attached hydrogens (primary N) is 1. The molecule has 0 radical (unpaired) electrons. The maximum atomic E-state index is 13.8. The third-order valence-electron chi connectivity index (χ3n) is 2.70. The Morgan fingerprint density at radius 2 is 1.81 bits per heavy atom. The van der Waals surface area contributed by atoms with Gasteiger partial charge in [-0.25, -0.2) is 17.2 Å². The summed E-state index contributed by atoms with van der Waals surface area (Å²) in [7, 11) is -4.25. The molecule has 0 amide bonds. The Hall–Kier alpha value is -1.70. The van der Waals surface area contributed by atoms with Crippen LogP contribution in [0.5, 0.6) is 0 Å². The molecule has 112 valence electrons. The molecule has 0 heterocycles. The number of halogens is 3. The summed E-state index contributed by atoms with van der Waals surface area (Å²) >= 11 is 5.57. The van der Waals surface area contributed by atoms with E-state index in [1.807, 2.05) is 4.72 Å². The molecule has 21 heavy (non-hydrogen) atoms. The van der Waals surface area contributed by atoms with E-state index >= 15 is 0 Å². The lowest BCUT2D eigenvalue weighted by Crippen LogP contribution is -2.16. The van der Waals surface area contributed by atoms with Gasteiger partial charge in [-0.2, -0.15) is 0 Å². The highest BCUT2D eigenvalue weighted by molar-refractivity contribution is 7.92. The Kier molecular flexibility index (Phi) is 4.46. The summed E-state index contributed by atoms with van der Waals surface area (Å²) in [5.74, 6) is -1.81. The van der Waals surface area contributed by atoms with Gasteiger partial charge in [0.2, 0.25) is 0 Å². The van der Waals surface area contributed by atoms with E-state index < -0.39 is 26.6 Å². The molecule has 0 aliphatic heterocycles. The molecule has 2 rings (SSSR count). The summed E-state index contributed by atoms with van der Waals surface area (Å²) in [5, 5.41) is 0.119. The number of rotatable bonds is 4. The van der Waals surface area contributed by atoms with E-state index in [2.05, 4.69) is 0 Å². The summed E-state index contributed by atoms with van der Waals surface area (Å²) in [6.45, 7) is 0.0798. The van der Waals surface area contributed by atoms with Gasteiger partial charge >= 0.3 is 0 Å². The van der Waals surface area contributed by atoms with E-state index in [9.17, 15) is 17.2 Å². The minimum absolute atomic E-state index is 0.0798. The van der Waals surface area contributed by atoms with Crippen LogP contribution in [0, 0.1) is 11.6 Å². The minimum atomic E-state index is -4.25. The summed E-state index contributed by atoms with van der Waals surface area (Å²) in [4.78, 5) is -0.589. The fourth-order valence-corrected chi connectivity index (χ4v) is 2.95. The minimum Gasteiger partial charge on any atom is -0.326 e. The Bertz CT molecular complexity index is 782. The van der Waals surface area contributed by atoms with Gasteiger partial charge in [0.1, 0.15) is 16.5 Å². The van der Waals surface area contributed by atoms with Crippen molar-refractivity contribution in [2.75, 3.05) is 4.72 Å². The maximum Gasteiger partial charge on any atom is 0.264 e. The molecule has 0 aliphatic rings. The molecular weight excluding hydrogens is 322 g/mol. The summed E-state index contributed by atoms with van der Waals surface area (Å²) in [5.41, 5.74) is 5.47. The van der Waals surface area contributed by atoms with E-state index in [1.165, 1.54) is 12.1 Å². The van der Waals surface area contributed by atoms with Crippen LogP contribution in [0.25, 0.3) is 0 Å². The van der Waals surface area contributed by atoms with Gasteiger partial charge in [0.15, 0.2) is 0 Å². The third-order valence-corrected chi connectivity index (χ3v) is 4.33. The predicted molar refractivity (Wildman–Crippen MR) is 76.5 cm³/mol. The Morgan fingerprint density at radius 1 is 1.10 bits per heavy atom. The van der Waals surface area contributed by atoms with Gasteiger partial charge in [-0.05, 0) is 35.9 Å². The number of sulfonamides is 1. The lowest BCUT2D eigenvalue weighted by molar-refractivity contribution is 0.568. The highest BCUT2D eigenvalue weighted by Crippen LogP contribution is 2.23. The molecular formula is C13H11ClF2N2O2S. The van der Waals surface area contributed by atoms with Crippen molar-refractivity contribution in [3.63, 3.8) is 0 Å². The van der Waals surface area contributed by atoms with Crippen molar-refractivity contribution < 1.29 is 17.2 Å². The molecule has 0 saturated heterocycles. The zero-order valence-corrected chi connectivity index (χ0v) is 12.2. The molecule has 0 unspecified atom stereocenters. The molecule has 0 atom stereocenters. The van der Waals surface area contributed by atoms with Crippen molar-refractivity contribution >= 4 is 27.3 Å². The van der Waals surface area contributed by atoms with Crippen molar-refractivity contribution in [2.45, 2.75) is 11.4 Å². The second kappa shape index (κ2) is 5.97. The molecule has 0 bridgehead atoms. The average Bonchev–Trinajstić information content (AvgIpc) is 2.41. The third kappa shape index (κ3) is 3.49. The summed E-state index contributed by atoms with van der Waals surface area (Å²) in [6, 6.07) is 6.90. The van der Waals surface area contributed by atoms with Crippen LogP contribution in [0.2, 0.25) is 5.02 Å². The molecule has 2 aromatic rings. The van der Waals surface area contributed by atoms with Crippen LogP contribution in [0.1, 0.15) is 5.56 Å². The maximum absolute atomic E-state index is 13.8. The number of hydrogen-bond acceptors (Lipinski definition) is 3. The van der Waals surface area contributed by atoms with Crippen LogP contribution in [0.3, 0.4) is 0 Å². The fourth-order valence-electron chi connectivity index (χ4n) is 1.66. The molecule has 0 saturated carbocycles. The standard InChI is InChI=1S/C13H11ClF2N2O2S/c14-9-2-3-12(10(15)6-9)18-21(19,20)13-4-1-8(7-17)5-11(13)16/h1-6,18H,7,17H2. The van der Waals surface area contributed by atoms with Crippen molar-refractivity contribution in [3.05, 3.63) is 58.6 Å². The molecule has 0 aliphatic carbocycles. The predicted octanol–water partition coefficient (Wildman–Crippen LogP) is 2.88. The molecule has 8 heteroatoms. The molecule has 2 aromatic carbocycles. The number of anilines is 1. The van der Waals surface area contributed by atoms with Crippen LogP contribution in [0.4, 0.5) is 14.5 Å². The highest BCUT2D eigenvalue weighted by Gasteiger charge is 2.20. The second-order valence-corrected chi connectivity index (χ2v) is 6.29. The zero-order valence-electron chi connectivity index (χ0n) is 10.6. The van der Waals surface area contributed by atoms with Crippen molar-refractivity contribution in [3.8, 4) is 0 Å². The van der Waals surface area contributed by atoms with Crippen molar-refractivity contribution in [1.82, 2.24) is 0 Å². The van der Waals surface area contributed by atoms with Crippen LogP contribution in [0.15, 0.2) is 41.3 Å². The summed E-state index contributed by atoms with van der Waals surface area (Å²) < 4.78 is 53.5. The Balaban J connectivity index is 2.38. The van der Waals surface area contributed by atoms with Crippen LogP contribution in [-0.4, -0.2) is 8.42 Å². The normalized spacial score (nSPS) is 11.4. The molecule has 0 fully saturated rings. The molecule has 0 spiro atoms. The van der Waals surface area contributed by atoms with E-state index in [1.54, 1.807) is 0 Å². The van der Waals surface area contributed by atoms with Crippen molar-refractivity contribution in [2.24, 2.45) is 5.73 Å². The first kappa shape index (κ1) is 15.7. The van der Waals surface area contributed by atoms with Crippen LogP contribution >= 0.6 is 11.6 Å². The molecule has 3 N–H and O–H groups in total. The average molecular weight is 333 g/mol. The molecule has 0 aromatic heterocycles. The van der Waals surface area contributed by atoms with Gasteiger partial charge < -0.3 is 5.73 Å². The van der Waals surface area contributed by atoms with Gasteiger partial charge in [0.05, 0.1) is 5.69 Å².